The summed E-state index contributed by atoms with van der Waals surface area (Å²) in [5, 5.41) is 13.2. The second kappa shape index (κ2) is 11.1. The van der Waals surface area contributed by atoms with Gasteiger partial charge < -0.3 is 24.9 Å². The first-order valence-electron chi connectivity index (χ1n) is 11.0. The minimum atomic E-state index is -0.936. The summed E-state index contributed by atoms with van der Waals surface area (Å²) in [5.74, 6) is -0.590. The Labute approximate surface area is 201 Å². The van der Waals surface area contributed by atoms with Crippen molar-refractivity contribution in [3.8, 4) is 11.1 Å². The van der Waals surface area contributed by atoms with Crippen LogP contribution in [0.4, 0.5) is 15.1 Å². The third-order valence-corrected chi connectivity index (χ3v) is 5.52. The number of aromatic nitrogens is 2. The lowest BCUT2D eigenvalue weighted by atomic mass is 10.1. The number of guanidine groups is 1. The van der Waals surface area contributed by atoms with Gasteiger partial charge in [-0.2, -0.15) is 0 Å². The summed E-state index contributed by atoms with van der Waals surface area (Å²) in [6.45, 7) is 4.14. The van der Waals surface area contributed by atoms with Crippen molar-refractivity contribution in [1.29, 1.82) is 5.41 Å². The molecule has 0 saturated carbocycles. The van der Waals surface area contributed by atoms with E-state index in [4.69, 9.17) is 25.5 Å². The quantitative estimate of drug-likeness (QED) is 0.267. The highest BCUT2D eigenvalue weighted by Gasteiger charge is 2.30. The highest BCUT2D eigenvalue weighted by atomic mass is 19.1. The van der Waals surface area contributed by atoms with Gasteiger partial charge in [0, 0.05) is 55.8 Å². The van der Waals surface area contributed by atoms with Crippen molar-refractivity contribution in [3.05, 3.63) is 42.0 Å². The number of anilines is 1. The average molecular weight is 487 g/mol. The molecule has 2 aliphatic heterocycles. The number of nitrogens with two attached hydrogens (primary N) is 1. The number of carbonyl (C=O) groups excluding carboxylic acids is 1. The Morgan fingerprint density at radius 2 is 2.06 bits per heavy atom. The van der Waals surface area contributed by atoms with Crippen molar-refractivity contribution in [2.75, 3.05) is 51.3 Å². The van der Waals surface area contributed by atoms with Crippen LogP contribution in [0.3, 0.4) is 0 Å². The van der Waals surface area contributed by atoms with Gasteiger partial charge in [-0.15, -0.1) is 0 Å². The zero-order valence-corrected chi connectivity index (χ0v) is 19.2. The molecule has 2 saturated heterocycles. The van der Waals surface area contributed by atoms with E-state index in [0.29, 0.717) is 31.2 Å². The van der Waals surface area contributed by atoms with E-state index in [0.717, 1.165) is 25.3 Å². The molecule has 0 unspecified atom stereocenters. The van der Waals surface area contributed by atoms with Crippen molar-refractivity contribution in [3.63, 3.8) is 0 Å². The number of halogens is 1. The second-order valence-electron chi connectivity index (χ2n) is 8.16. The van der Waals surface area contributed by atoms with E-state index >= 15 is 0 Å². The molecule has 3 heterocycles. The molecule has 0 spiro atoms. The SMILES string of the molecule is COCCN1CC(ON=C2CN(c3ncc(-c4cccc(COC(=O)NC(=N)N)c4F)cn3)C2)C1. The minimum Gasteiger partial charge on any atom is -0.444 e. The highest BCUT2D eigenvalue weighted by molar-refractivity contribution is 5.98. The number of alkyl carbamates (subject to hydrolysis) is 1. The number of oxime groups is 1. The van der Waals surface area contributed by atoms with Crippen LogP contribution in [-0.2, 0) is 20.9 Å². The number of methoxy groups -OCH3 is 1. The van der Waals surface area contributed by atoms with Crippen LogP contribution in [0.15, 0.2) is 35.7 Å². The Kier molecular flexibility index (Phi) is 7.67. The summed E-state index contributed by atoms with van der Waals surface area (Å²) in [6, 6.07) is 4.74. The largest absolute Gasteiger partial charge is 0.444 e. The molecule has 35 heavy (non-hydrogen) atoms. The molecule has 186 valence electrons. The van der Waals surface area contributed by atoms with E-state index in [1.165, 1.54) is 6.07 Å². The van der Waals surface area contributed by atoms with Gasteiger partial charge in [0.25, 0.3) is 0 Å². The molecule has 0 bridgehead atoms. The lowest BCUT2D eigenvalue weighted by molar-refractivity contribution is -0.0589. The van der Waals surface area contributed by atoms with E-state index in [2.05, 4.69) is 20.0 Å². The van der Waals surface area contributed by atoms with Gasteiger partial charge in [-0.3, -0.25) is 15.6 Å². The lowest BCUT2D eigenvalue weighted by Crippen LogP contribution is -2.53. The number of nitrogens with one attached hydrogen (secondary N) is 2. The molecule has 0 aliphatic carbocycles. The van der Waals surface area contributed by atoms with Gasteiger partial charge in [0.05, 0.1) is 25.4 Å². The Morgan fingerprint density at radius 1 is 1.31 bits per heavy atom. The Hall–Kier alpha value is -3.84. The van der Waals surface area contributed by atoms with Crippen molar-refractivity contribution in [2.45, 2.75) is 12.7 Å². The van der Waals surface area contributed by atoms with Crippen LogP contribution in [0.5, 0.6) is 0 Å². The summed E-state index contributed by atoms with van der Waals surface area (Å²) in [4.78, 5) is 29.9. The fraction of sp³-hybridized carbons (Fsp3) is 0.409. The first-order chi connectivity index (χ1) is 16.9. The normalized spacial score (nSPS) is 15.7. The zero-order chi connectivity index (χ0) is 24.8. The van der Waals surface area contributed by atoms with Crippen LogP contribution in [0.2, 0.25) is 0 Å². The topological polar surface area (TPSA) is 151 Å². The Bertz CT molecular complexity index is 1080. The lowest BCUT2D eigenvalue weighted by Gasteiger charge is -2.38. The minimum absolute atomic E-state index is 0.114. The Balaban J connectivity index is 1.27. The van der Waals surface area contributed by atoms with Gasteiger partial charge in [-0.25, -0.2) is 19.2 Å². The maximum atomic E-state index is 14.9. The molecule has 1 aromatic heterocycles. The maximum Gasteiger partial charge on any atom is 0.414 e. The van der Waals surface area contributed by atoms with Crippen LogP contribution in [0.25, 0.3) is 11.1 Å². The number of likely N-dealkylation sites (tertiary alicyclic amines) is 1. The molecule has 4 N–H and O–H groups in total. The molecule has 1 aromatic carbocycles. The number of ether oxygens (including phenoxy) is 2. The summed E-state index contributed by atoms with van der Waals surface area (Å²) < 4.78 is 24.9. The number of hydrogen-bond acceptors (Lipinski definition) is 10. The number of amides is 1. The molecule has 1 amide bonds. The van der Waals surface area contributed by atoms with Gasteiger partial charge in [0.15, 0.2) is 12.1 Å². The summed E-state index contributed by atoms with van der Waals surface area (Å²) in [5.41, 5.74) is 6.92. The Morgan fingerprint density at radius 3 is 2.74 bits per heavy atom. The van der Waals surface area contributed by atoms with Crippen LogP contribution in [0.1, 0.15) is 5.56 Å². The number of carbonyl (C=O) groups is 1. The molecule has 0 radical (unpaired) electrons. The van der Waals surface area contributed by atoms with Crippen molar-refractivity contribution >= 4 is 23.7 Å². The highest BCUT2D eigenvalue weighted by Crippen LogP contribution is 2.26. The molecule has 13 heteroatoms. The van der Waals surface area contributed by atoms with E-state index in [-0.39, 0.29) is 23.8 Å². The monoisotopic (exact) mass is 486 g/mol. The van der Waals surface area contributed by atoms with Crippen molar-refractivity contribution in [2.24, 2.45) is 10.9 Å². The fourth-order valence-corrected chi connectivity index (χ4v) is 3.56. The molecule has 0 atom stereocenters. The van der Waals surface area contributed by atoms with Gasteiger partial charge in [0.2, 0.25) is 5.95 Å². The summed E-state index contributed by atoms with van der Waals surface area (Å²) >= 11 is 0. The summed E-state index contributed by atoms with van der Waals surface area (Å²) in [6.07, 6.45) is 2.27. The predicted octanol–water partition coefficient (Wildman–Crippen LogP) is 0.926. The van der Waals surface area contributed by atoms with Crippen molar-refractivity contribution in [1.82, 2.24) is 20.2 Å². The van der Waals surface area contributed by atoms with E-state index in [1.807, 2.05) is 10.2 Å². The number of benzene rings is 1. The predicted molar refractivity (Wildman–Crippen MR) is 125 cm³/mol. The van der Waals surface area contributed by atoms with Crippen LogP contribution < -0.4 is 16.0 Å². The maximum absolute atomic E-state index is 14.9. The van der Waals surface area contributed by atoms with Gasteiger partial charge in [-0.1, -0.05) is 23.4 Å². The zero-order valence-electron chi connectivity index (χ0n) is 19.2. The van der Waals surface area contributed by atoms with Gasteiger partial charge in [-0.05, 0) is 0 Å². The summed E-state index contributed by atoms with van der Waals surface area (Å²) in [7, 11) is 1.69. The first-order valence-corrected chi connectivity index (χ1v) is 11.0. The van der Waals surface area contributed by atoms with E-state index in [1.54, 1.807) is 31.6 Å². The van der Waals surface area contributed by atoms with E-state index < -0.39 is 17.9 Å². The first kappa shape index (κ1) is 24.3. The van der Waals surface area contributed by atoms with Gasteiger partial charge >= 0.3 is 6.09 Å². The molecule has 12 nitrogen and oxygen atoms in total. The average Bonchev–Trinajstić information content (AvgIpc) is 2.78. The smallest absolute Gasteiger partial charge is 0.414 e. The third-order valence-electron chi connectivity index (χ3n) is 5.52. The molecular weight excluding hydrogens is 459 g/mol. The van der Waals surface area contributed by atoms with E-state index in [9.17, 15) is 9.18 Å². The number of nitrogens with zero attached hydrogens (tertiary/aromatic N) is 5. The van der Waals surface area contributed by atoms with Gasteiger partial charge in [0.1, 0.15) is 12.4 Å². The number of hydrogen-bond donors (Lipinski definition) is 3. The number of rotatable bonds is 9. The van der Waals surface area contributed by atoms with Crippen LogP contribution in [0, 0.1) is 11.2 Å². The molecule has 2 aliphatic rings. The van der Waals surface area contributed by atoms with Crippen molar-refractivity contribution < 1.29 is 23.5 Å². The van der Waals surface area contributed by atoms with Crippen LogP contribution in [-0.4, -0.2) is 85.2 Å². The van der Waals surface area contributed by atoms with Crippen LogP contribution >= 0.6 is 0 Å². The molecule has 4 rings (SSSR count). The molecule has 2 fully saturated rings. The molecule has 2 aromatic rings. The molecular formula is C22H27FN8O4. The third kappa shape index (κ3) is 6.19. The standard InChI is InChI=1S/C22H27FN8O4/c1-33-6-5-30-11-17(12-30)35-29-16-9-31(10-16)21-26-7-15(8-27-21)18-4-2-3-14(19(18)23)13-34-22(32)28-20(24)25/h2-4,7-8,17H,5-6,9-13H2,1H3,(H4,24,25,28,32). The fourth-order valence-electron chi connectivity index (χ4n) is 3.56. The second-order valence-corrected chi connectivity index (χ2v) is 8.16.